The summed E-state index contributed by atoms with van der Waals surface area (Å²) in [6, 6.07) is 14.6. The van der Waals surface area contributed by atoms with Crippen LogP contribution in [0.2, 0.25) is 5.02 Å². The van der Waals surface area contributed by atoms with E-state index in [0.29, 0.717) is 17.0 Å². The van der Waals surface area contributed by atoms with Crippen LogP contribution >= 0.6 is 11.6 Å². The highest BCUT2D eigenvalue weighted by Crippen LogP contribution is 2.46. The Morgan fingerprint density at radius 2 is 1.50 bits per heavy atom. The molecule has 1 atom stereocenters. The molecule has 4 rings (SSSR count). The van der Waals surface area contributed by atoms with Crippen molar-refractivity contribution in [3.8, 4) is 17.2 Å². The van der Waals surface area contributed by atoms with E-state index in [4.69, 9.17) is 30.5 Å². The number of para-hydroxylation sites is 1. The lowest BCUT2D eigenvalue weighted by Gasteiger charge is -2.27. The number of amides is 1. The van der Waals surface area contributed by atoms with Gasteiger partial charge in [0.25, 0.3) is 11.7 Å². The number of ketones is 1. The number of hydrogen-bond acceptors (Lipinski definition) is 8. The zero-order chi connectivity index (χ0) is 27.6. The van der Waals surface area contributed by atoms with E-state index in [2.05, 4.69) is 0 Å². The second-order valence-corrected chi connectivity index (χ2v) is 8.54. The van der Waals surface area contributed by atoms with Gasteiger partial charge in [0.05, 0.1) is 56.2 Å². The van der Waals surface area contributed by atoms with E-state index in [9.17, 15) is 19.5 Å². The largest absolute Gasteiger partial charge is 0.507 e. The Labute approximate surface area is 223 Å². The molecule has 1 saturated heterocycles. The summed E-state index contributed by atoms with van der Waals surface area (Å²) in [5, 5.41) is 11.8. The summed E-state index contributed by atoms with van der Waals surface area (Å²) in [4.78, 5) is 40.1. The molecule has 9 nitrogen and oxygen atoms in total. The quantitative estimate of drug-likeness (QED) is 0.198. The number of hydrogen-bond donors (Lipinski definition) is 1. The third-order valence-electron chi connectivity index (χ3n) is 6.17. The molecule has 1 unspecified atom stereocenters. The molecule has 1 heterocycles. The molecule has 3 aromatic rings. The Kier molecular flexibility index (Phi) is 7.59. The number of anilines is 1. The molecule has 1 aliphatic rings. The van der Waals surface area contributed by atoms with E-state index in [0.717, 1.165) is 0 Å². The van der Waals surface area contributed by atoms with Crippen LogP contribution in [0.4, 0.5) is 5.69 Å². The first kappa shape index (κ1) is 26.6. The number of methoxy groups -OCH3 is 4. The van der Waals surface area contributed by atoms with Crippen LogP contribution in [0.1, 0.15) is 27.5 Å². The Balaban J connectivity index is 1.99. The highest BCUT2D eigenvalue weighted by atomic mass is 35.5. The van der Waals surface area contributed by atoms with Gasteiger partial charge < -0.3 is 24.1 Å². The smallest absolute Gasteiger partial charge is 0.337 e. The highest BCUT2D eigenvalue weighted by molar-refractivity contribution is 6.51. The summed E-state index contributed by atoms with van der Waals surface area (Å²) in [5.41, 5.74) is 0.939. The number of carbonyl (C=O) groups is 3. The molecule has 196 valence electrons. The lowest BCUT2D eigenvalue weighted by Crippen LogP contribution is -2.29. The first-order valence-corrected chi connectivity index (χ1v) is 11.7. The minimum atomic E-state index is -1.08. The molecule has 1 fully saturated rings. The van der Waals surface area contributed by atoms with E-state index in [-0.39, 0.29) is 33.2 Å². The molecule has 0 aromatic heterocycles. The summed E-state index contributed by atoms with van der Waals surface area (Å²) in [6.07, 6.45) is 0. The number of esters is 1. The maximum absolute atomic E-state index is 13.5. The minimum absolute atomic E-state index is 0.104. The number of aliphatic hydroxyl groups is 1. The van der Waals surface area contributed by atoms with Crippen molar-refractivity contribution in [2.45, 2.75) is 6.04 Å². The zero-order valence-electron chi connectivity index (χ0n) is 21.0. The minimum Gasteiger partial charge on any atom is -0.507 e. The zero-order valence-corrected chi connectivity index (χ0v) is 21.7. The van der Waals surface area contributed by atoms with Crippen LogP contribution in [0.15, 0.2) is 66.2 Å². The number of Topliss-reactive ketones (excluding diaryl/α,β-unsaturated/α-hetero) is 1. The molecule has 1 amide bonds. The summed E-state index contributed by atoms with van der Waals surface area (Å²) in [7, 11) is 5.51. The summed E-state index contributed by atoms with van der Waals surface area (Å²) in [6.45, 7) is 0. The van der Waals surface area contributed by atoms with Crippen molar-refractivity contribution >= 4 is 40.7 Å². The van der Waals surface area contributed by atoms with Gasteiger partial charge in [-0.3, -0.25) is 14.5 Å². The molecule has 10 heteroatoms. The maximum atomic E-state index is 13.5. The van der Waals surface area contributed by atoms with Gasteiger partial charge in [-0.05, 0) is 36.4 Å². The van der Waals surface area contributed by atoms with E-state index in [1.165, 1.54) is 69.7 Å². The molecule has 3 aromatic carbocycles. The Bertz CT molecular complexity index is 1450. The number of nitrogens with zero attached hydrogens (tertiary/aromatic N) is 1. The molecular weight excluding hydrogens is 514 g/mol. The number of aliphatic hydroxyl groups excluding tert-OH is 1. The number of ether oxygens (including phenoxy) is 4. The third kappa shape index (κ3) is 4.52. The van der Waals surface area contributed by atoms with Gasteiger partial charge in [0.15, 0.2) is 0 Å². The normalized spacial score (nSPS) is 16.3. The van der Waals surface area contributed by atoms with Crippen molar-refractivity contribution in [1.29, 1.82) is 0 Å². The molecule has 0 bridgehead atoms. The molecule has 1 aliphatic heterocycles. The van der Waals surface area contributed by atoms with Gasteiger partial charge >= 0.3 is 5.97 Å². The number of carbonyl (C=O) groups excluding carboxylic acids is 3. The van der Waals surface area contributed by atoms with Gasteiger partial charge in [0.1, 0.15) is 23.0 Å². The average Bonchev–Trinajstić information content (AvgIpc) is 3.21. The van der Waals surface area contributed by atoms with Crippen LogP contribution in [0, 0.1) is 0 Å². The van der Waals surface area contributed by atoms with Crippen molar-refractivity contribution in [3.05, 3.63) is 87.9 Å². The lowest BCUT2D eigenvalue weighted by molar-refractivity contribution is -0.132. The van der Waals surface area contributed by atoms with Crippen molar-refractivity contribution < 1.29 is 38.4 Å². The van der Waals surface area contributed by atoms with E-state index < -0.39 is 29.5 Å². The number of benzene rings is 3. The van der Waals surface area contributed by atoms with Crippen molar-refractivity contribution in [2.75, 3.05) is 33.3 Å². The van der Waals surface area contributed by atoms with Gasteiger partial charge in [0, 0.05) is 17.3 Å². The maximum Gasteiger partial charge on any atom is 0.337 e. The fourth-order valence-corrected chi connectivity index (χ4v) is 4.58. The molecule has 0 aliphatic carbocycles. The fourth-order valence-electron chi connectivity index (χ4n) is 4.35. The predicted octanol–water partition coefficient (Wildman–Crippen LogP) is 4.78. The second-order valence-electron chi connectivity index (χ2n) is 8.14. The summed E-state index contributed by atoms with van der Waals surface area (Å²) in [5.74, 6) is -2.05. The van der Waals surface area contributed by atoms with E-state index in [1.807, 2.05) is 0 Å². The van der Waals surface area contributed by atoms with Crippen molar-refractivity contribution in [2.24, 2.45) is 0 Å². The Morgan fingerprint density at radius 1 is 0.868 bits per heavy atom. The van der Waals surface area contributed by atoms with Crippen molar-refractivity contribution in [3.63, 3.8) is 0 Å². The van der Waals surface area contributed by atoms with Crippen LogP contribution < -0.4 is 19.1 Å². The molecule has 38 heavy (non-hydrogen) atoms. The number of rotatable bonds is 7. The molecule has 0 spiro atoms. The van der Waals surface area contributed by atoms with Gasteiger partial charge in [-0.15, -0.1) is 0 Å². The summed E-state index contributed by atoms with van der Waals surface area (Å²) < 4.78 is 21.0. The Morgan fingerprint density at radius 3 is 2.11 bits per heavy atom. The monoisotopic (exact) mass is 537 g/mol. The molecule has 0 radical (unpaired) electrons. The average molecular weight is 538 g/mol. The standard InChI is InChI=1S/C28H24ClNO8/c1-35-20-8-6-5-7-17(20)24-23(25(31)18-13-22(37-3)19(29)14-21(18)36-2)26(32)27(33)30(24)16-11-9-15(10-12-16)28(34)38-4/h5-14,24,31H,1-4H3/b25-23+. The second kappa shape index (κ2) is 10.9. The van der Waals surface area contributed by atoms with Gasteiger partial charge in [-0.2, -0.15) is 0 Å². The number of halogens is 1. The van der Waals surface area contributed by atoms with E-state index >= 15 is 0 Å². The van der Waals surface area contributed by atoms with Crippen LogP contribution in [-0.4, -0.2) is 51.2 Å². The highest BCUT2D eigenvalue weighted by Gasteiger charge is 2.48. The van der Waals surface area contributed by atoms with E-state index in [1.54, 1.807) is 24.3 Å². The van der Waals surface area contributed by atoms with Crippen LogP contribution in [0.3, 0.4) is 0 Å². The van der Waals surface area contributed by atoms with Gasteiger partial charge in [-0.25, -0.2) is 4.79 Å². The third-order valence-corrected chi connectivity index (χ3v) is 6.47. The fraction of sp³-hybridized carbons (Fsp3) is 0.179. The Hall–Kier alpha value is -4.50. The SMILES string of the molecule is COC(=O)c1ccc(N2C(=O)C(=O)/C(=C(/O)c3cc(OC)c(Cl)cc3OC)C2c2ccccc2OC)cc1. The first-order chi connectivity index (χ1) is 18.3. The van der Waals surface area contributed by atoms with Crippen LogP contribution in [-0.2, 0) is 14.3 Å². The van der Waals surface area contributed by atoms with Crippen molar-refractivity contribution in [1.82, 2.24) is 0 Å². The first-order valence-electron chi connectivity index (χ1n) is 11.3. The lowest BCUT2D eigenvalue weighted by atomic mass is 9.94. The molecule has 0 saturated carbocycles. The van der Waals surface area contributed by atoms with Crippen LogP contribution in [0.5, 0.6) is 17.2 Å². The van der Waals surface area contributed by atoms with Gasteiger partial charge in [0.2, 0.25) is 0 Å². The topological polar surface area (TPSA) is 112 Å². The van der Waals surface area contributed by atoms with Gasteiger partial charge in [-0.1, -0.05) is 29.8 Å². The molecular formula is C28H24ClNO8. The summed E-state index contributed by atoms with van der Waals surface area (Å²) >= 11 is 6.23. The molecule has 1 N–H and O–H groups in total. The van der Waals surface area contributed by atoms with Crippen LogP contribution in [0.25, 0.3) is 5.76 Å². The predicted molar refractivity (Wildman–Crippen MR) is 140 cm³/mol.